The van der Waals surface area contributed by atoms with Crippen molar-refractivity contribution < 1.29 is 10.2 Å². The van der Waals surface area contributed by atoms with Crippen molar-refractivity contribution in [1.29, 1.82) is 0 Å². The summed E-state index contributed by atoms with van der Waals surface area (Å²) < 4.78 is 4.26. The van der Waals surface area contributed by atoms with Crippen LogP contribution in [0.15, 0.2) is 103 Å². The molecule has 0 radical (unpaired) electrons. The van der Waals surface area contributed by atoms with Crippen LogP contribution in [-0.4, -0.2) is 19.3 Å². The highest BCUT2D eigenvalue weighted by molar-refractivity contribution is 6.13. The molecule has 0 aliphatic carbocycles. The van der Waals surface area contributed by atoms with Crippen molar-refractivity contribution in [3.05, 3.63) is 103 Å². The highest BCUT2D eigenvalue weighted by Gasteiger charge is 2.19. The molecular formula is C30H21N3O2. The van der Waals surface area contributed by atoms with Crippen LogP contribution in [0.2, 0.25) is 0 Å². The molecule has 7 aromatic rings. The van der Waals surface area contributed by atoms with E-state index in [4.69, 9.17) is 5.73 Å². The number of nitrogens with two attached hydrogens (primary N) is 1. The summed E-state index contributed by atoms with van der Waals surface area (Å²) in [6, 6.07) is 33.2. The van der Waals surface area contributed by atoms with Crippen molar-refractivity contribution in [2.24, 2.45) is 0 Å². The fourth-order valence-electron chi connectivity index (χ4n) is 5.40. The number of hydrogen-bond donors (Lipinski definition) is 3. The molecule has 0 atom stereocenters. The van der Waals surface area contributed by atoms with Crippen LogP contribution < -0.4 is 5.73 Å². The topological polar surface area (TPSA) is 76.3 Å². The minimum Gasteiger partial charge on any atom is -0.507 e. The van der Waals surface area contributed by atoms with E-state index in [1.165, 1.54) is 0 Å². The molecule has 0 unspecified atom stereocenters. The maximum atomic E-state index is 10.7. The van der Waals surface area contributed by atoms with E-state index >= 15 is 0 Å². The summed E-state index contributed by atoms with van der Waals surface area (Å²) in [7, 11) is 0. The van der Waals surface area contributed by atoms with Crippen molar-refractivity contribution in [1.82, 2.24) is 9.13 Å². The molecule has 0 amide bonds. The number of nitrogen functional groups attached to an aromatic ring is 1. The Labute approximate surface area is 200 Å². The molecule has 7 rings (SSSR count). The predicted molar refractivity (Wildman–Crippen MR) is 143 cm³/mol. The first-order valence-corrected chi connectivity index (χ1v) is 11.5. The minimum absolute atomic E-state index is 0.241. The van der Waals surface area contributed by atoms with Crippen LogP contribution in [0, 0.1) is 0 Å². The van der Waals surface area contributed by atoms with Crippen molar-refractivity contribution >= 4 is 49.3 Å². The Balaban J connectivity index is 1.59. The third-order valence-corrected chi connectivity index (χ3v) is 6.86. The number of rotatable bonds is 2. The number of benzene rings is 5. The van der Waals surface area contributed by atoms with Crippen molar-refractivity contribution in [2.45, 2.75) is 0 Å². The van der Waals surface area contributed by atoms with Crippen LogP contribution in [0.5, 0.6) is 11.5 Å². The van der Waals surface area contributed by atoms with Crippen molar-refractivity contribution in [2.75, 3.05) is 5.73 Å². The minimum atomic E-state index is 0.241. The van der Waals surface area contributed by atoms with Gasteiger partial charge in [-0.25, -0.2) is 0 Å². The highest BCUT2D eigenvalue weighted by atomic mass is 16.3. The van der Waals surface area contributed by atoms with Gasteiger partial charge in [0.1, 0.15) is 11.5 Å². The molecule has 5 aromatic carbocycles. The Morgan fingerprint density at radius 1 is 0.514 bits per heavy atom. The van der Waals surface area contributed by atoms with Gasteiger partial charge in [0.25, 0.3) is 0 Å². The molecule has 168 valence electrons. The van der Waals surface area contributed by atoms with Crippen LogP contribution in [0.3, 0.4) is 0 Å². The smallest absolute Gasteiger partial charge is 0.125 e. The van der Waals surface area contributed by atoms with Gasteiger partial charge in [0.2, 0.25) is 0 Å². The van der Waals surface area contributed by atoms with Crippen LogP contribution in [0.4, 0.5) is 5.69 Å². The van der Waals surface area contributed by atoms with E-state index in [1.54, 1.807) is 12.1 Å². The van der Waals surface area contributed by atoms with Gasteiger partial charge in [-0.05, 0) is 54.6 Å². The summed E-state index contributed by atoms with van der Waals surface area (Å²) in [6.07, 6.45) is 0. The number of hydrogen-bond acceptors (Lipinski definition) is 3. The number of aromatic nitrogens is 2. The van der Waals surface area contributed by atoms with E-state index in [1.807, 2.05) is 78.9 Å². The Kier molecular flexibility index (Phi) is 3.94. The second-order valence-electron chi connectivity index (χ2n) is 8.79. The quantitative estimate of drug-likeness (QED) is 0.249. The number of aromatic hydroxyl groups is 2. The number of nitrogens with zero attached hydrogens (tertiary/aromatic N) is 2. The number of phenolic OH excluding ortho intramolecular Hbond substituents is 2. The van der Waals surface area contributed by atoms with E-state index in [9.17, 15) is 10.2 Å². The molecule has 5 heteroatoms. The van der Waals surface area contributed by atoms with Gasteiger partial charge in [-0.2, -0.15) is 0 Å². The van der Waals surface area contributed by atoms with Crippen molar-refractivity contribution in [3.63, 3.8) is 0 Å². The van der Waals surface area contributed by atoms with Gasteiger partial charge in [-0.1, -0.05) is 48.5 Å². The Morgan fingerprint density at radius 3 is 1.66 bits per heavy atom. The van der Waals surface area contributed by atoms with Gasteiger partial charge in [0.15, 0.2) is 0 Å². The first kappa shape index (κ1) is 19.6. The molecule has 0 saturated heterocycles. The Bertz CT molecular complexity index is 1950. The van der Waals surface area contributed by atoms with Crippen molar-refractivity contribution in [3.8, 4) is 22.9 Å². The molecule has 0 bridgehead atoms. The fraction of sp³-hybridized carbons (Fsp3) is 0. The molecule has 0 fully saturated rings. The zero-order chi connectivity index (χ0) is 23.7. The van der Waals surface area contributed by atoms with E-state index < -0.39 is 0 Å². The molecule has 2 aromatic heterocycles. The highest BCUT2D eigenvalue weighted by Crippen LogP contribution is 2.40. The van der Waals surface area contributed by atoms with Gasteiger partial charge in [-0.15, -0.1) is 0 Å². The number of fused-ring (bicyclic) bond motifs is 6. The zero-order valence-corrected chi connectivity index (χ0v) is 18.7. The summed E-state index contributed by atoms with van der Waals surface area (Å²) in [5.74, 6) is 0.496. The lowest BCUT2D eigenvalue weighted by molar-refractivity contribution is 0.481. The molecule has 5 nitrogen and oxygen atoms in total. The summed E-state index contributed by atoms with van der Waals surface area (Å²) in [5.41, 5.74) is 12.7. The van der Waals surface area contributed by atoms with Gasteiger partial charge in [0.05, 0.1) is 33.4 Å². The standard InChI is InChI=1S/C30H21N3O2/c31-21-16-15-18(32-22-9-3-1-7-19(22)29-24(32)11-5-13-27(29)34)17-26(21)33-23-10-4-2-8-20(23)30-25(33)12-6-14-28(30)35/h1-17,34-35H,31H2. The molecule has 0 saturated carbocycles. The third kappa shape index (κ3) is 2.63. The fourth-order valence-corrected chi connectivity index (χ4v) is 5.40. The predicted octanol–water partition coefficient (Wildman–Crippen LogP) is 6.87. The molecule has 0 aliphatic heterocycles. The Morgan fingerprint density at radius 2 is 1.03 bits per heavy atom. The molecule has 35 heavy (non-hydrogen) atoms. The van der Waals surface area contributed by atoms with Crippen LogP contribution in [0.25, 0.3) is 55.0 Å². The molecule has 0 spiro atoms. The first-order valence-electron chi connectivity index (χ1n) is 11.5. The summed E-state index contributed by atoms with van der Waals surface area (Å²) in [6.45, 7) is 0. The molecule has 2 heterocycles. The maximum absolute atomic E-state index is 10.7. The monoisotopic (exact) mass is 455 g/mol. The van der Waals surface area contributed by atoms with Crippen LogP contribution in [-0.2, 0) is 0 Å². The average molecular weight is 456 g/mol. The second kappa shape index (κ2) is 7.05. The number of para-hydroxylation sites is 2. The SMILES string of the molecule is Nc1ccc(-n2c3ccccc3c3c(O)cccc32)cc1-n1c2ccccc2c2c(O)cccc21. The first-order chi connectivity index (χ1) is 17.1. The summed E-state index contributed by atoms with van der Waals surface area (Å²) in [4.78, 5) is 0. The van der Waals surface area contributed by atoms with E-state index in [2.05, 4.69) is 21.3 Å². The van der Waals surface area contributed by atoms with Gasteiger partial charge >= 0.3 is 0 Å². The molecule has 0 aliphatic rings. The van der Waals surface area contributed by atoms with Crippen LogP contribution >= 0.6 is 0 Å². The van der Waals surface area contributed by atoms with Crippen LogP contribution in [0.1, 0.15) is 0 Å². The lowest BCUT2D eigenvalue weighted by Gasteiger charge is -2.15. The van der Waals surface area contributed by atoms with E-state index in [-0.39, 0.29) is 11.5 Å². The molecule has 4 N–H and O–H groups in total. The largest absolute Gasteiger partial charge is 0.507 e. The molecular weight excluding hydrogens is 434 g/mol. The number of anilines is 1. The normalized spacial score (nSPS) is 11.8. The summed E-state index contributed by atoms with van der Waals surface area (Å²) >= 11 is 0. The van der Waals surface area contributed by atoms with E-state index in [0.717, 1.165) is 55.0 Å². The maximum Gasteiger partial charge on any atom is 0.125 e. The van der Waals surface area contributed by atoms with Gasteiger partial charge in [-0.3, -0.25) is 0 Å². The van der Waals surface area contributed by atoms with Gasteiger partial charge in [0, 0.05) is 27.2 Å². The van der Waals surface area contributed by atoms with Gasteiger partial charge < -0.3 is 25.1 Å². The van der Waals surface area contributed by atoms with E-state index in [0.29, 0.717) is 5.69 Å². The summed E-state index contributed by atoms with van der Waals surface area (Å²) in [5, 5.41) is 24.9. The Hall–Kier alpha value is -4.90. The zero-order valence-electron chi connectivity index (χ0n) is 18.7. The lowest BCUT2D eigenvalue weighted by atomic mass is 10.1. The number of phenols is 2. The lowest BCUT2D eigenvalue weighted by Crippen LogP contribution is -2.02. The second-order valence-corrected chi connectivity index (χ2v) is 8.79. The third-order valence-electron chi connectivity index (χ3n) is 6.86. The average Bonchev–Trinajstić information content (AvgIpc) is 3.39.